The molecule has 2 N–H and O–H groups in total. The Morgan fingerprint density at radius 1 is 1.00 bits per heavy atom. The Kier molecular flexibility index (Phi) is 5.69. The fourth-order valence-electron chi connectivity index (χ4n) is 2.93. The maximum atomic E-state index is 5.39. The summed E-state index contributed by atoms with van der Waals surface area (Å²) in [7, 11) is 1.70. The van der Waals surface area contributed by atoms with E-state index in [-0.39, 0.29) is 0 Å². The van der Waals surface area contributed by atoms with E-state index in [1.165, 1.54) is 16.7 Å². The van der Waals surface area contributed by atoms with Crippen LogP contribution >= 0.6 is 0 Å². The molecule has 1 heterocycles. The number of anilines is 3. The third kappa shape index (κ3) is 4.72. The molecule has 2 aromatic carbocycles. The molecule has 0 unspecified atom stereocenters. The first-order valence-electron chi connectivity index (χ1n) is 8.68. The van der Waals surface area contributed by atoms with Crippen LogP contribution in [-0.2, 0) is 6.42 Å². The number of rotatable bonds is 7. The average Bonchev–Trinajstić information content (AvgIpc) is 2.61. The van der Waals surface area contributed by atoms with Gasteiger partial charge in [0.25, 0.3) is 0 Å². The Morgan fingerprint density at radius 3 is 2.54 bits per heavy atom. The van der Waals surface area contributed by atoms with Crippen LogP contribution in [0.1, 0.15) is 16.7 Å². The van der Waals surface area contributed by atoms with Gasteiger partial charge in [-0.25, -0.2) is 4.98 Å². The predicted molar refractivity (Wildman–Crippen MR) is 106 cm³/mol. The summed E-state index contributed by atoms with van der Waals surface area (Å²) in [5.41, 5.74) is 4.58. The average molecular weight is 348 g/mol. The van der Waals surface area contributed by atoms with E-state index >= 15 is 0 Å². The van der Waals surface area contributed by atoms with Gasteiger partial charge < -0.3 is 15.4 Å². The lowest BCUT2D eigenvalue weighted by Crippen LogP contribution is -2.08. The van der Waals surface area contributed by atoms with Gasteiger partial charge in [-0.15, -0.1) is 0 Å². The molecule has 0 saturated carbocycles. The molecule has 0 aliphatic heterocycles. The smallest absolute Gasteiger partial charge is 0.229 e. The van der Waals surface area contributed by atoms with Gasteiger partial charge in [-0.3, -0.25) is 0 Å². The van der Waals surface area contributed by atoms with Crippen molar-refractivity contribution in [1.29, 1.82) is 0 Å². The van der Waals surface area contributed by atoms with Crippen LogP contribution in [-0.4, -0.2) is 23.6 Å². The molecule has 1 aromatic heterocycles. The summed E-state index contributed by atoms with van der Waals surface area (Å²) in [5, 5.41) is 6.62. The Morgan fingerprint density at radius 2 is 1.77 bits per heavy atom. The fourth-order valence-corrected chi connectivity index (χ4v) is 2.93. The zero-order valence-corrected chi connectivity index (χ0v) is 15.4. The van der Waals surface area contributed by atoms with Crippen LogP contribution in [0.3, 0.4) is 0 Å². The van der Waals surface area contributed by atoms with Crippen LogP contribution in [0.2, 0.25) is 0 Å². The molecule has 0 amide bonds. The summed E-state index contributed by atoms with van der Waals surface area (Å²) in [4.78, 5) is 8.84. The van der Waals surface area contributed by atoms with E-state index in [4.69, 9.17) is 4.74 Å². The molecule has 0 radical (unpaired) electrons. The third-order valence-corrected chi connectivity index (χ3v) is 4.03. The highest BCUT2D eigenvalue weighted by Crippen LogP contribution is 2.19. The number of nitrogens with zero attached hydrogens (tertiary/aromatic N) is 2. The molecule has 3 rings (SSSR count). The largest absolute Gasteiger partial charge is 0.496 e. The second-order valence-electron chi connectivity index (χ2n) is 6.26. The first kappa shape index (κ1) is 17.7. The zero-order chi connectivity index (χ0) is 18.4. The number of hydrogen-bond acceptors (Lipinski definition) is 5. The van der Waals surface area contributed by atoms with Crippen LogP contribution in [0.25, 0.3) is 0 Å². The van der Waals surface area contributed by atoms with Crippen molar-refractivity contribution in [3.63, 3.8) is 0 Å². The van der Waals surface area contributed by atoms with Crippen LogP contribution in [0.4, 0.5) is 17.5 Å². The van der Waals surface area contributed by atoms with Crippen LogP contribution in [0, 0.1) is 13.8 Å². The molecular formula is C21H24N4O. The monoisotopic (exact) mass is 348 g/mol. The molecule has 5 nitrogen and oxygen atoms in total. The molecular weight excluding hydrogens is 324 g/mol. The van der Waals surface area contributed by atoms with E-state index in [9.17, 15) is 0 Å². The quantitative estimate of drug-likeness (QED) is 0.658. The van der Waals surface area contributed by atoms with Crippen molar-refractivity contribution in [2.45, 2.75) is 20.3 Å². The Hall–Kier alpha value is -3.08. The van der Waals surface area contributed by atoms with E-state index in [2.05, 4.69) is 58.7 Å². The summed E-state index contributed by atoms with van der Waals surface area (Å²) >= 11 is 0. The second kappa shape index (κ2) is 8.34. The molecule has 26 heavy (non-hydrogen) atoms. The number of methoxy groups -OCH3 is 1. The lowest BCUT2D eigenvalue weighted by molar-refractivity contribution is 0.410. The van der Waals surface area contributed by atoms with Gasteiger partial charge in [-0.1, -0.05) is 24.3 Å². The summed E-state index contributed by atoms with van der Waals surface area (Å²) in [6.45, 7) is 4.92. The van der Waals surface area contributed by atoms with Crippen LogP contribution < -0.4 is 15.4 Å². The number of aromatic nitrogens is 2. The highest BCUT2D eigenvalue weighted by molar-refractivity contribution is 5.57. The van der Waals surface area contributed by atoms with E-state index < -0.39 is 0 Å². The zero-order valence-electron chi connectivity index (χ0n) is 15.4. The number of hydrogen-bond donors (Lipinski definition) is 2. The third-order valence-electron chi connectivity index (χ3n) is 4.03. The highest BCUT2D eigenvalue weighted by Gasteiger charge is 2.04. The maximum absolute atomic E-state index is 5.39. The van der Waals surface area contributed by atoms with Crippen molar-refractivity contribution < 1.29 is 4.74 Å². The molecule has 0 aliphatic carbocycles. The summed E-state index contributed by atoms with van der Waals surface area (Å²) < 4.78 is 5.39. The van der Waals surface area contributed by atoms with Crippen molar-refractivity contribution in [1.82, 2.24) is 9.97 Å². The minimum Gasteiger partial charge on any atom is -0.496 e. The first-order chi connectivity index (χ1) is 12.6. The lowest BCUT2D eigenvalue weighted by atomic mass is 10.1. The van der Waals surface area contributed by atoms with Crippen molar-refractivity contribution in [2.75, 3.05) is 24.3 Å². The molecule has 0 saturated heterocycles. The van der Waals surface area contributed by atoms with Gasteiger partial charge in [0, 0.05) is 18.4 Å². The highest BCUT2D eigenvalue weighted by atomic mass is 16.5. The molecule has 5 heteroatoms. The van der Waals surface area contributed by atoms with Crippen molar-refractivity contribution in [3.8, 4) is 5.75 Å². The maximum Gasteiger partial charge on any atom is 0.229 e. The molecule has 0 fully saturated rings. The summed E-state index contributed by atoms with van der Waals surface area (Å²) in [5.74, 6) is 2.29. The van der Waals surface area contributed by atoms with Gasteiger partial charge in [-0.05, 0) is 61.2 Å². The topological polar surface area (TPSA) is 59.1 Å². The van der Waals surface area contributed by atoms with Crippen molar-refractivity contribution >= 4 is 17.5 Å². The summed E-state index contributed by atoms with van der Waals surface area (Å²) in [6.07, 6.45) is 2.61. The Bertz CT molecular complexity index is 859. The number of ether oxygens (including phenoxy) is 1. The molecule has 0 aliphatic rings. The van der Waals surface area contributed by atoms with Crippen LogP contribution in [0.5, 0.6) is 5.75 Å². The fraction of sp³-hybridized carbons (Fsp3) is 0.238. The lowest BCUT2D eigenvalue weighted by Gasteiger charge is -2.11. The predicted octanol–water partition coefficient (Wildman–Crippen LogP) is 4.50. The molecule has 0 spiro atoms. The minimum atomic E-state index is 0.581. The van der Waals surface area contributed by atoms with E-state index in [0.29, 0.717) is 5.95 Å². The molecule has 3 aromatic rings. The molecule has 0 bridgehead atoms. The van der Waals surface area contributed by atoms with Crippen molar-refractivity contribution in [3.05, 3.63) is 71.4 Å². The van der Waals surface area contributed by atoms with E-state index in [1.54, 1.807) is 13.3 Å². The summed E-state index contributed by atoms with van der Waals surface area (Å²) in [6, 6.07) is 16.2. The van der Waals surface area contributed by atoms with E-state index in [1.807, 2.05) is 24.3 Å². The Labute approximate surface area is 154 Å². The molecule has 134 valence electrons. The number of nitrogens with one attached hydrogen (secondary N) is 2. The minimum absolute atomic E-state index is 0.581. The van der Waals surface area contributed by atoms with Gasteiger partial charge in [-0.2, -0.15) is 4.98 Å². The van der Waals surface area contributed by atoms with Gasteiger partial charge >= 0.3 is 0 Å². The standard InChI is InChI=1S/C21H24N4O/c1-15-12-16(2)14-18(13-15)24-21-23-11-9-20(25-21)22-10-8-17-6-4-5-7-19(17)26-3/h4-7,9,11-14H,8,10H2,1-3H3,(H2,22,23,24,25). The second-order valence-corrected chi connectivity index (χ2v) is 6.26. The normalized spacial score (nSPS) is 10.4. The number of benzene rings is 2. The van der Waals surface area contributed by atoms with E-state index in [0.717, 1.165) is 30.2 Å². The molecule has 0 atom stereocenters. The van der Waals surface area contributed by atoms with Gasteiger partial charge in [0.05, 0.1) is 7.11 Å². The SMILES string of the molecule is COc1ccccc1CCNc1ccnc(Nc2cc(C)cc(C)c2)n1. The Balaban J connectivity index is 1.62. The first-order valence-corrected chi connectivity index (χ1v) is 8.68. The number of para-hydroxylation sites is 1. The van der Waals surface area contributed by atoms with Gasteiger partial charge in [0.1, 0.15) is 11.6 Å². The van der Waals surface area contributed by atoms with Crippen molar-refractivity contribution in [2.24, 2.45) is 0 Å². The van der Waals surface area contributed by atoms with Gasteiger partial charge in [0.15, 0.2) is 0 Å². The van der Waals surface area contributed by atoms with Crippen LogP contribution in [0.15, 0.2) is 54.7 Å². The number of aryl methyl sites for hydroxylation is 2. The van der Waals surface area contributed by atoms with Gasteiger partial charge in [0.2, 0.25) is 5.95 Å².